The predicted molar refractivity (Wildman–Crippen MR) is 72.5 cm³/mol. The standard InChI is InChI=1S/C15H17NO3/c1-15(17,11-7-4-5-8-12(11)18-2)14-13(19-3)9-6-10-16-14/h4-10,17H,1-3H3. The molecule has 1 aromatic carbocycles. The number of hydrogen-bond donors (Lipinski definition) is 1. The quantitative estimate of drug-likeness (QED) is 0.915. The fourth-order valence-electron chi connectivity index (χ4n) is 2.10. The summed E-state index contributed by atoms with van der Waals surface area (Å²) in [4.78, 5) is 4.24. The highest BCUT2D eigenvalue weighted by Crippen LogP contribution is 2.37. The fourth-order valence-corrected chi connectivity index (χ4v) is 2.10. The SMILES string of the molecule is COc1ccccc1C(C)(O)c1ncccc1OC. The van der Waals surface area contributed by atoms with Crippen LogP contribution in [0.5, 0.6) is 11.5 Å². The third kappa shape index (κ3) is 2.39. The molecule has 0 amide bonds. The zero-order valence-electron chi connectivity index (χ0n) is 11.3. The smallest absolute Gasteiger partial charge is 0.143 e. The summed E-state index contributed by atoms with van der Waals surface area (Å²) in [6.45, 7) is 1.68. The molecule has 1 N–H and O–H groups in total. The van der Waals surface area contributed by atoms with E-state index in [1.807, 2.05) is 18.2 Å². The summed E-state index contributed by atoms with van der Waals surface area (Å²) in [7, 11) is 3.13. The van der Waals surface area contributed by atoms with E-state index in [1.54, 1.807) is 45.5 Å². The lowest BCUT2D eigenvalue weighted by Gasteiger charge is -2.26. The highest BCUT2D eigenvalue weighted by Gasteiger charge is 2.33. The van der Waals surface area contributed by atoms with E-state index in [1.165, 1.54) is 0 Å². The second-order valence-electron chi connectivity index (χ2n) is 4.33. The van der Waals surface area contributed by atoms with E-state index in [4.69, 9.17) is 9.47 Å². The van der Waals surface area contributed by atoms with Crippen molar-refractivity contribution in [2.75, 3.05) is 14.2 Å². The minimum Gasteiger partial charge on any atom is -0.496 e. The average Bonchev–Trinajstić information content (AvgIpc) is 2.47. The van der Waals surface area contributed by atoms with Gasteiger partial charge in [-0.15, -0.1) is 0 Å². The Labute approximate surface area is 112 Å². The number of para-hydroxylation sites is 1. The number of nitrogens with zero attached hydrogens (tertiary/aromatic N) is 1. The van der Waals surface area contributed by atoms with Gasteiger partial charge in [0, 0.05) is 11.8 Å². The minimum atomic E-state index is -1.29. The summed E-state index contributed by atoms with van der Waals surface area (Å²) in [5.74, 6) is 1.15. The van der Waals surface area contributed by atoms with Crippen molar-refractivity contribution in [3.63, 3.8) is 0 Å². The van der Waals surface area contributed by atoms with Crippen LogP contribution in [-0.4, -0.2) is 24.3 Å². The molecule has 1 atom stereocenters. The molecule has 1 unspecified atom stereocenters. The van der Waals surface area contributed by atoms with Gasteiger partial charge in [-0.1, -0.05) is 18.2 Å². The van der Waals surface area contributed by atoms with E-state index in [9.17, 15) is 5.11 Å². The summed E-state index contributed by atoms with van der Waals surface area (Å²) in [5, 5.41) is 10.9. The zero-order chi connectivity index (χ0) is 13.9. The van der Waals surface area contributed by atoms with Gasteiger partial charge in [0.2, 0.25) is 0 Å². The van der Waals surface area contributed by atoms with Crippen molar-refractivity contribution < 1.29 is 14.6 Å². The van der Waals surface area contributed by atoms with Gasteiger partial charge in [-0.2, -0.15) is 0 Å². The molecule has 4 nitrogen and oxygen atoms in total. The van der Waals surface area contributed by atoms with Crippen LogP contribution in [0, 0.1) is 0 Å². The summed E-state index contributed by atoms with van der Waals surface area (Å²) in [6.07, 6.45) is 1.63. The third-order valence-corrected chi connectivity index (χ3v) is 3.08. The Morgan fingerprint density at radius 2 is 1.63 bits per heavy atom. The molecular weight excluding hydrogens is 242 g/mol. The van der Waals surface area contributed by atoms with Crippen LogP contribution < -0.4 is 9.47 Å². The zero-order valence-corrected chi connectivity index (χ0v) is 11.3. The number of aliphatic hydroxyl groups is 1. The van der Waals surface area contributed by atoms with Crippen LogP contribution in [0.4, 0.5) is 0 Å². The molecule has 0 aliphatic rings. The van der Waals surface area contributed by atoms with Crippen molar-refractivity contribution in [3.8, 4) is 11.5 Å². The molecule has 0 aliphatic heterocycles. The molecule has 0 bridgehead atoms. The van der Waals surface area contributed by atoms with Gasteiger partial charge in [0.05, 0.1) is 14.2 Å². The minimum absolute atomic E-state index is 0.460. The molecular formula is C15H17NO3. The monoisotopic (exact) mass is 259 g/mol. The van der Waals surface area contributed by atoms with Crippen LogP contribution in [0.15, 0.2) is 42.6 Å². The first kappa shape index (κ1) is 13.4. The first-order chi connectivity index (χ1) is 9.11. The van der Waals surface area contributed by atoms with Crippen molar-refractivity contribution in [2.45, 2.75) is 12.5 Å². The Balaban J connectivity index is 2.58. The first-order valence-electron chi connectivity index (χ1n) is 5.96. The Kier molecular flexibility index (Phi) is 3.71. The van der Waals surface area contributed by atoms with E-state index < -0.39 is 5.60 Å². The lowest BCUT2D eigenvalue weighted by Crippen LogP contribution is -2.25. The molecule has 2 aromatic rings. The van der Waals surface area contributed by atoms with Gasteiger partial charge >= 0.3 is 0 Å². The van der Waals surface area contributed by atoms with E-state index in [0.717, 1.165) is 0 Å². The van der Waals surface area contributed by atoms with Crippen molar-refractivity contribution >= 4 is 0 Å². The lowest BCUT2D eigenvalue weighted by atomic mass is 9.90. The number of methoxy groups -OCH3 is 2. The predicted octanol–water partition coefficient (Wildman–Crippen LogP) is 2.35. The summed E-state index contributed by atoms with van der Waals surface area (Å²) in [6, 6.07) is 10.9. The summed E-state index contributed by atoms with van der Waals surface area (Å²) in [5.41, 5.74) is -0.185. The molecule has 19 heavy (non-hydrogen) atoms. The van der Waals surface area contributed by atoms with Crippen LogP contribution in [0.1, 0.15) is 18.2 Å². The Bertz CT molecular complexity index is 517. The molecule has 0 radical (unpaired) electrons. The fraction of sp³-hybridized carbons (Fsp3) is 0.267. The topological polar surface area (TPSA) is 51.6 Å². The number of benzene rings is 1. The van der Waals surface area contributed by atoms with Gasteiger partial charge in [-0.3, -0.25) is 4.98 Å². The second-order valence-corrected chi connectivity index (χ2v) is 4.33. The maximum Gasteiger partial charge on any atom is 0.143 e. The van der Waals surface area contributed by atoms with E-state index in [2.05, 4.69) is 4.98 Å². The average molecular weight is 259 g/mol. The molecule has 0 spiro atoms. The summed E-state index contributed by atoms with van der Waals surface area (Å²) < 4.78 is 10.6. The third-order valence-electron chi connectivity index (χ3n) is 3.08. The van der Waals surface area contributed by atoms with Crippen molar-refractivity contribution in [2.24, 2.45) is 0 Å². The van der Waals surface area contributed by atoms with Gasteiger partial charge in [0.1, 0.15) is 22.8 Å². The van der Waals surface area contributed by atoms with Gasteiger partial charge in [0.25, 0.3) is 0 Å². The molecule has 100 valence electrons. The first-order valence-corrected chi connectivity index (χ1v) is 5.96. The largest absolute Gasteiger partial charge is 0.496 e. The van der Waals surface area contributed by atoms with Gasteiger partial charge in [-0.25, -0.2) is 0 Å². The molecule has 2 rings (SSSR count). The molecule has 0 aliphatic carbocycles. The molecule has 1 heterocycles. The molecule has 0 saturated carbocycles. The van der Waals surface area contributed by atoms with Gasteiger partial charge < -0.3 is 14.6 Å². The van der Waals surface area contributed by atoms with Crippen molar-refractivity contribution in [1.29, 1.82) is 0 Å². The van der Waals surface area contributed by atoms with Crippen LogP contribution in [0.3, 0.4) is 0 Å². The maximum atomic E-state index is 10.9. The molecule has 1 aromatic heterocycles. The number of pyridine rings is 1. The normalized spacial score (nSPS) is 13.7. The van der Waals surface area contributed by atoms with E-state index in [-0.39, 0.29) is 0 Å². The Morgan fingerprint density at radius 3 is 2.32 bits per heavy atom. The van der Waals surface area contributed by atoms with Crippen molar-refractivity contribution in [3.05, 3.63) is 53.9 Å². The van der Waals surface area contributed by atoms with E-state index >= 15 is 0 Å². The molecule has 4 heteroatoms. The van der Waals surface area contributed by atoms with E-state index in [0.29, 0.717) is 22.8 Å². The number of aromatic nitrogens is 1. The Morgan fingerprint density at radius 1 is 1.00 bits per heavy atom. The second kappa shape index (κ2) is 5.28. The maximum absolute atomic E-state index is 10.9. The number of rotatable bonds is 4. The molecule has 0 fully saturated rings. The van der Waals surface area contributed by atoms with Crippen LogP contribution in [-0.2, 0) is 5.60 Å². The van der Waals surface area contributed by atoms with Crippen molar-refractivity contribution in [1.82, 2.24) is 4.98 Å². The highest BCUT2D eigenvalue weighted by atomic mass is 16.5. The highest BCUT2D eigenvalue weighted by molar-refractivity contribution is 5.46. The Hall–Kier alpha value is -2.07. The van der Waals surface area contributed by atoms with Crippen LogP contribution in [0.25, 0.3) is 0 Å². The number of ether oxygens (including phenoxy) is 2. The number of hydrogen-bond acceptors (Lipinski definition) is 4. The summed E-state index contributed by atoms with van der Waals surface area (Å²) >= 11 is 0. The van der Waals surface area contributed by atoms with Gasteiger partial charge in [0.15, 0.2) is 0 Å². The lowest BCUT2D eigenvalue weighted by molar-refractivity contribution is 0.0908. The van der Waals surface area contributed by atoms with Crippen LogP contribution >= 0.6 is 0 Å². The van der Waals surface area contributed by atoms with Crippen LogP contribution in [0.2, 0.25) is 0 Å². The van der Waals surface area contributed by atoms with Gasteiger partial charge in [-0.05, 0) is 25.1 Å². The molecule has 0 saturated heterocycles.